The van der Waals surface area contributed by atoms with Gasteiger partial charge in [0, 0.05) is 4.47 Å². The maximum Gasteiger partial charge on any atom is 0.264 e. The first kappa shape index (κ1) is 17.7. The third-order valence-electron chi connectivity index (χ3n) is 3.93. The average molecular weight is 416 g/mol. The Morgan fingerprint density at radius 3 is 2.08 bits per heavy atom. The van der Waals surface area contributed by atoms with Crippen LogP contribution in [0.2, 0.25) is 0 Å². The Bertz CT molecular complexity index is 958. The molecule has 0 spiro atoms. The molecule has 0 aliphatic rings. The van der Waals surface area contributed by atoms with Gasteiger partial charge in [-0.25, -0.2) is 8.42 Å². The van der Waals surface area contributed by atoms with E-state index in [4.69, 9.17) is 0 Å². The fourth-order valence-corrected chi connectivity index (χ4v) is 4.35. The van der Waals surface area contributed by atoms with Crippen molar-refractivity contribution in [3.63, 3.8) is 0 Å². The van der Waals surface area contributed by atoms with Gasteiger partial charge in [-0.15, -0.1) is 0 Å². The predicted octanol–water partition coefficient (Wildman–Crippen LogP) is 5.15. The first-order valence-corrected chi connectivity index (χ1v) is 10.1. The zero-order valence-electron chi connectivity index (χ0n) is 13.8. The molecule has 0 atom stereocenters. The highest BCUT2D eigenvalue weighted by Crippen LogP contribution is 2.28. The van der Waals surface area contributed by atoms with E-state index in [9.17, 15) is 8.42 Å². The lowest BCUT2D eigenvalue weighted by Gasteiger charge is -2.25. The molecule has 0 aliphatic heterocycles. The van der Waals surface area contributed by atoms with Gasteiger partial charge in [0.15, 0.2) is 0 Å². The topological polar surface area (TPSA) is 37.4 Å². The van der Waals surface area contributed by atoms with Crippen LogP contribution in [0.25, 0.3) is 0 Å². The molecule has 3 rings (SSSR count). The van der Waals surface area contributed by atoms with Gasteiger partial charge in [0.2, 0.25) is 0 Å². The van der Waals surface area contributed by atoms with Crippen LogP contribution in [0, 0.1) is 6.92 Å². The van der Waals surface area contributed by atoms with E-state index in [1.165, 1.54) is 4.31 Å². The van der Waals surface area contributed by atoms with E-state index < -0.39 is 10.0 Å². The van der Waals surface area contributed by atoms with Crippen LogP contribution in [-0.2, 0) is 16.6 Å². The zero-order valence-corrected chi connectivity index (χ0v) is 16.2. The van der Waals surface area contributed by atoms with Crippen LogP contribution < -0.4 is 4.31 Å². The molecule has 0 aromatic heterocycles. The maximum atomic E-state index is 13.3. The van der Waals surface area contributed by atoms with Crippen molar-refractivity contribution in [3.05, 3.63) is 94.5 Å². The summed E-state index contributed by atoms with van der Waals surface area (Å²) in [6.07, 6.45) is 0. The van der Waals surface area contributed by atoms with Crippen LogP contribution in [-0.4, -0.2) is 8.42 Å². The minimum Gasteiger partial charge on any atom is -0.262 e. The Kier molecular flexibility index (Phi) is 5.25. The van der Waals surface area contributed by atoms with E-state index in [0.717, 1.165) is 15.6 Å². The second-order valence-corrected chi connectivity index (χ2v) is 8.46. The lowest BCUT2D eigenvalue weighted by molar-refractivity contribution is 0.590. The third kappa shape index (κ3) is 3.94. The Labute approximate surface area is 157 Å². The van der Waals surface area contributed by atoms with Crippen molar-refractivity contribution in [2.45, 2.75) is 18.4 Å². The molecular formula is C20H18BrNO2S. The minimum absolute atomic E-state index is 0.280. The Hall–Kier alpha value is -2.11. The number of hydrogen-bond acceptors (Lipinski definition) is 2. The molecule has 0 amide bonds. The summed E-state index contributed by atoms with van der Waals surface area (Å²) in [6.45, 7) is 2.16. The number of sulfonamides is 1. The van der Waals surface area contributed by atoms with E-state index in [0.29, 0.717) is 5.69 Å². The molecular weight excluding hydrogens is 398 g/mol. The van der Waals surface area contributed by atoms with Crippen LogP contribution in [0.5, 0.6) is 0 Å². The van der Waals surface area contributed by atoms with Gasteiger partial charge in [-0.05, 0) is 48.4 Å². The van der Waals surface area contributed by atoms with Gasteiger partial charge in [-0.2, -0.15) is 0 Å². The van der Waals surface area contributed by atoms with Crippen molar-refractivity contribution in [1.29, 1.82) is 0 Å². The SMILES string of the molecule is Cc1cc(S(=O)(=O)N(Cc2ccccc2)c2ccccc2)ccc1Br. The fourth-order valence-electron chi connectivity index (χ4n) is 2.56. The highest BCUT2D eigenvalue weighted by molar-refractivity contribution is 9.10. The summed E-state index contributed by atoms with van der Waals surface area (Å²) >= 11 is 3.42. The standard InChI is InChI=1S/C20H18BrNO2S/c1-16-14-19(12-13-20(16)21)25(23,24)22(18-10-6-3-7-11-18)15-17-8-4-2-5-9-17/h2-14H,15H2,1H3. The van der Waals surface area contributed by atoms with E-state index in [1.807, 2.05) is 67.6 Å². The summed E-state index contributed by atoms with van der Waals surface area (Å²) < 4.78 is 29.0. The zero-order chi connectivity index (χ0) is 17.9. The maximum absolute atomic E-state index is 13.3. The van der Waals surface area contributed by atoms with Crippen LogP contribution in [0.4, 0.5) is 5.69 Å². The molecule has 0 heterocycles. The normalized spacial score (nSPS) is 11.3. The van der Waals surface area contributed by atoms with E-state index >= 15 is 0 Å². The molecule has 0 aliphatic carbocycles. The van der Waals surface area contributed by atoms with Crippen LogP contribution in [0.1, 0.15) is 11.1 Å². The predicted molar refractivity (Wildman–Crippen MR) is 105 cm³/mol. The number of benzene rings is 3. The first-order chi connectivity index (χ1) is 12.0. The lowest BCUT2D eigenvalue weighted by atomic mass is 10.2. The number of hydrogen-bond donors (Lipinski definition) is 0. The monoisotopic (exact) mass is 415 g/mol. The van der Waals surface area contributed by atoms with Crippen molar-refractivity contribution in [3.8, 4) is 0 Å². The number of nitrogens with zero attached hydrogens (tertiary/aromatic N) is 1. The summed E-state index contributed by atoms with van der Waals surface area (Å²) in [4.78, 5) is 0.285. The number of para-hydroxylation sites is 1. The lowest BCUT2D eigenvalue weighted by Crippen LogP contribution is -2.30. The number of aryl methyl sites for hydroxylation is 1. The molecule has 128 valence electrons. The van der Waals surface area contributed by atoms with Gasteiger partial charge in [-0.3, -0.25) is 4.31 Å². The molecule has 0 bridgehead atoms. The molecule has 3 aromatic rings. The molecule has 0 saturated carbocycles. The highest BCUT2D eigenvalue weighted by atomic mass is 79.9. The van der Waals surface area contributed by atoms with E-state index in [-0.39, 0.29) is 11.4 Å². The summed E-state index contributed by atoms with van der Waals surface area (Å²) in [5, 5.41) is 0. The smallest absolute Gasteiger partial charge is 0.262 e. The number of anilines is 1. The van der Waals surface area contributed by atoms with Crippen LogP contribution >= 0.6 is 15.9 Å². The van der Waals surface area contributed by atoms with Gasteiger partial charge >= 0.3 is 0 Å². The molecule has 3 aromatic carbocycles. The quantitative estimate of drug-likeness (QED) is 0.577. The molecule has 0 saturated heterocycles. The summed E-state index contributed by atoms with van der Waals surface area (Å²) in [7, 11) is -3.68. The molecule has 0 radical (unpaired) electrons. The van der Waals surface area contributed by atoms with Crippen LogP contribution in [0.3, 0.4) is 0 Å². The number of rotatable bonds is 5. The summed E-state index contributed by atoms with van der Waals surface area (Å²) in [6, 6.07) is 23.9. The molecule has 0 N–H and O–H groups in total. The average Bonchev–Trinajstić information content (AvgIpc) is 2.63. The van der Waals surface area contributed by atoms with Gasteiger partial charge in [0.25, 0.3) is 10.0 Å². The first-order valence-electron chi connectivity index (χ1n) is 7.86. The van der Waals surface area contributed by atoms with Crippen LogP contribution in [0.15, 0.2) is 88.2 Å². The largest absolute Gasteiger partial charge is 0.264 e. The minimum atomic E-state index is -3.68. The number of halogens is 1. The fraction of sp³-hybridized carbons (Fsp3) is 0.100. The second kappa shape index (κ2) is 7.42. The van der Waals surface area contributed by atoms with Crippen molar-refractivity contribution in [2.75, 3.05) is 4.31 Å². The molecule has 0 fully saturated rings. The highest BCUT2D eigenvalue weighted by Gasteiger charge is 2.25. The van der Waals surface area contributed by atoms with Gasteiger partial charge < -0.3 is 0 Å². The molecule has 25 heavy (non-hydrogen) atoms. The van der Waals surface area contributed by atoms with Crippen molar-refractivity contribution >= 4 is 31.6 Å². The second-order valence-electron chi connectivity index (χ2n) is 5.74. The van der Waals surface area contributed by atoms with Crippen molar-refractivity contribution in [2.24, 2.45) is 0 Å². The third-order valence-corrected chi connectivity index (χ3v) is 6.59. The summed E-state index contributed by atoms with van der Waals surface area (Å²) in [5.41, 5.74) is 2.46. The molecule has 3 nitrogen and oxygen atoms in total. The van der Waals surface area contributed by atoms with Crippen molar-refractivity contribution in [1.82, 2.24) is 0 Å². The summed E-state index contributed by atoms with van der Waals surface area (Å²) in [5.74, 6) is 0. The van der Waals surface area contributed by atoms with E-state index in [2.05, 4.69) is 15.9 Å². The molecule has 0 unspecified atom stereocenters. The van der Waals surface area contributed by atoms with E-state index in [1.54, 1.807) is 18.2 Å². The van der Waals surface area contributed by atoms with Gasteiger partial charge in [0.05, 0.1) is 17.1 Å². The van der Waals surface area contributed by atoms with Crippen molar-refractivity contribution < 1.29 is 8.42 Å². The van der Waals surface area contributed by atoms with Gasteiger partial charge in [-0.1, -0.05) is 64.5 Å². The van der Waals surface area contributed by atoms with Gasteiger partial charge in [0.1, 0.15) is 0 Å². The Morgan fingerprint density at radius 1 is 0.880 bits per heavy atom. The Balaban J connectivity index is 2.08. The molecule has 5 heteroatoms. The Morgan fingerprint density at radius 2 is 1.48 bits per heavy atom.